The fourth-order valence-corrected chi connectivity index (χ4v) is 4.72. The van der Waals surface area contributed by atoms with E-state index >= 15 is 0 Å². The number of aromatic nitrogens is 2. The number of sulfonamides is 1. The van der Waals surface area contributed by atoms with Crippen LogP contribution in [0, 0.1) is 5.82 Å². The summed E-state index contributed by atoms with van der Waals surface area (Å²) < 4.78 is 53.6. The van der Waals surface area contributed by atoms with E-state index in [2.05, 4.69) is 23.4 Å². The Balaban J connectivity index is 1.81. The summed E-state index contributed by atoms with van der Waals surface area (Å²) in [6.07, 6.45) is 2.73. The van der Waals surface area contributed by atoms with Gasteiger partial charge in [-0.25, -0.2) is 12.8 Å². The SMILES string of the molecule is CCc1cc(CC)n(CCOc2cc3c(C(=O)NC)c(-c4ccc(F)cc4)oc3cc2N(C)S(C)(=O)=O)n1. The summed E-state index contributed by atoms with van der Waals surface area (Å²) in [6.45, 7) is 4.77. The molecule has 2 aromatic heterocycles. The van der Waals surface area contributed by atoms with Gasteiger partial charge in [-0.2, -0.15) is 5.10 Å². The third kappa shape index (κ3) is 5.38. The lowest BCUT2D eigenvalue weighted by Crippen LogP contribution is -2.25. The van der Waals surface area contributed by atoms with E-state index in [1.165, 1.54) is 44.4 Å². The molecule has 1 amide bonds. The standard InChI is InChI=1S/C27H31FN4O5S/c1-6-19-14-20(7-2)32(30-19)12-13-36-24-15-21-23(16-22(24)31(4)38(5,34)35)37-26(25(21)27(33)29-3)17-8-10-18(28)11-9-17/h8-11,14-16H,6-7,12-13H2,1-5H3,(H,29,33). The number of amides is 1. The van der Waals surface area contributed by atoms with Crippen molar-refractivity contribution < 1.29 is 26.8 Å². The molecule has 0 aliphatic rings. The number of nitrogens with zero attached hydrogens (tertiary/aromatic N) is 3. The molecule has 2 aromatic carbocycles. The van der Waals surface area contributed by atoms with Crippen LogP contribution in [0.15, 0.2) is 46.9 Å². The summed E-state index contributed by atoms with van der Waals surface area (Å²) >= 11 is 0. The number of anilines is 1. The summed E-state index contributed by atoms with van der Waals surface area (Å²) in [5.74, 6) is -0.327. The molecule has 2 heterocycles. The molecule has 0 radical (unpaired) electrons. The van der Waals surface area contributed by atoms with E-state index in [4.69, 9.17) is 9.15 Å². The molecule has 0 unspecified atom stereocenters. The summed E-state index contributed by atoms with van der Waals surface area (Å²) in [4.78, 5) is 12.9. The molecule has 4 rings (SSSR count). The van der Waals surface area contributed by atoms with Crippen LogP contribution in [0.1, 0.15) is 35.6 Å². The minimum Gasteiger partial charge on any atom is -0.489 e. The Morgan fingerprint density at radius 1 is 1.16 bits per heavy atom. The van der Waals surface area contributed by atoms with Gasteiger partial charge in [-0.05, 0) is 49.2 Å². The molecule has 0 saturated carbocycles. The van der Waals surface area contributed by atoms with Gasteiger partial charge in [-0.1, -0.05) is 13.8 Å². The normalized spacial score (nSPS) is 11.6. The zero-order valence-electron chi connectivity index (χ0n) is 22.0. The van der Waals surface area contributed by atoms with Gasteiger partial charge in [0.2, 0.25) is 10.0 Å². The first-order valence-corrected chi connectivity index (χ1v) is 14.1. The van der Waals surface area contributed by atoms with Gasteiger partial charge in [0, 0.05) is 36.8 Å². The largest absolute Gasteiger partial charge is 0.489 e. The van der Waals surface area contributed by atoms with E-state index < -0.39 is 21.7 Å². The van der Waals surface area contributed by atoms with Gasteiger partial charge >= 0.3 is 0 Å². The Morgan fingerprint density at radius 3 is 2.47 bits per heavy atom. The molecular weight excluding hydrogens is 511 g/mol. The van der Waals surface area contributed by atoms with Crippen LogP contribution in [0.5, 0.6) is 5.75 Å². The number of aryl methyl sites for hydroxylation is 2. The Morgan fingerprint density at radius 2 is 1.87 bits per heavy atom. The smallest absolute Gasteiger partial charge is 0.255 e. The number of furan rings is 1. The highest BCUT2D eigenvalue weighted by Gasteiger charge is 2.26. The minimum absolute atomic E-state index is 0.214. The average Bonchev–Trinajstić information content (AvgIpc) is 3.47. The number of carbonyl (C=O) groups excluding carboxylic acids is 1. The topological polar surface area (TPSA) is 107 Å². The Kier molecular flexibility index (Phi) is 7.77. The Bertz CT molecular complexity index is 1580. The minimum atomic E-state index is -3.64. The van der Waals surface area contributed by atoms with E-state index in [1.54, 1.807) is 6.07 Å². The van der Waals surface area contributed by atoms with Crippen LogP contribution in [0.25, 0.3) is 22.3 Å². The molecule has 0 spiro atoms. The zero-order chi connectivity index (χ0) is 27.6. The van der Waals surface area contributed by atoms with E-state index in [0.29, 0.717) is 17.5 Å². The number of benzene rings is 2. The predicted octanol–water partition coefficient (Wildman–Crippen LogP) is 4.39. The Labute approximate surface area is 221 Å². The Hall–Kier alpha value is -3.86. The molecule has 1 N–H and O–H groups in total. The van der Waals surface area contributed by atoms with Gasteiger partial charge in [0.25, 0.3) is 5.91 Å². The summed E-state index contributed by atoms with van der Waals surface area (Å²) in [5, 5.41) is 7.66. The number of nitrogens with one attached hydrogen (secondary N) is 1. The van der Waals surface area contributed by atoms with Crippen molar-refractivity contribution in [2.75, 3.05) is 31.3 Å². The number of hydrogen-bond acceptors (Lipinski definition) is 6. The molecule has 9 nitrogen and oxygen atoms in total. The number of rotatable bonds is 10. The lowest BCUT2D eigenvalue weighted by Gasteiger charge is -2.20. The third-order valence-electron chi connectivity index (χ3n) is 6.37. The summed E-state index contributed by atoms with van der Waals surface area (Å²) in [7, 11) is -0.725. The van der Waals surface area contributed by atoms with E-state index in [-0.39, 0.29) is 35.0 Å². The van der Waals surface area contributed by atoms with Gasteiger partial charge in [-0.3, -0.25) is 13.8 Å². The van der Waals surface area contributed by atoms with Crippen LogP contribution in [-0.2, 0) is 29.4 Å². The van der Waals surface area contributed by atoms with Crippen molar-refractivity contribution in [3.63, 3.8) is 0 Å². The third-order valence-corrected chi connectivity index (χ3v) is 7.56. The molecule has 4 aromatic rings. The highest BCUT2D eigenvalue weighted by Crippen LogP contribution is 2.40. The molecule has 38 heavy (non-hydrogen) atoms. The van der Waals surface area contributed by atoms with Gasteiger partial charge in [0.05, 0.1) is 29.7 Å². The lowest BCUT2D eigenvalue weighted by molar-refractivity contribution is 0.0964. The van der Waals surface area contributed by atoms with Crippen LogP contribution in [0.2, 0.25) is 0 Å². The van der Waals surface area contributed by atoms with Gasteiger partial charge in [0.1, 0.15) is 29.5 Å². The highest BCUT2D eigenvalue weighted by atomic mass is 32.2. The fraction of sp³-hybridized carbons (Fsp3) is 0.333. The van der Waals surface area contributed by atoms with E-state index in [1.807, 2.05) is 11.6 Å². The summed E-state index contributed by atoms with van der Waals surface area (Å²) in [5.41, 5.74) is 3.35. The van der Waals surface area contributed by atoms with Crippen molar-refractivity contribution in [2.45, 2.75) is 33.2 Å². The first kappa shape index (κ1) is 27.2. The molecule has 0 bridgehead atoms. The van der Waals surface area contributed by atoms with Gasteiger partial charge < -0.3 is 14.5 Å². The molecule has 202 valence electrons. The van der Waals surface area contributed by atoms with Crippen molar-refractivity contribution in [2.24, 2.45) is 0 Å². The number of fused-ring (bicyclic) bond motifs is 1. The maximum atomic E-state index is 13.6. The number of carbonyl (C=O) groups is 1. The first-order chi connectivity index (χ1) is 18.1. The van der Waals surface area contributed by atoms with Gasteiger partial charge in [0.15, 0.2) is 0 Å². The number of ether oxygens (including phenoxy) is 1. The molecule has 0 aliphatic heterocycles. The molecule has 0 fully saturated rings. The number of hydrogen-bond donors (Lipinski definition) is 1. The second kappa shape index (κ2) is 10.9. The zero-order valence-corrected chi connectivity index (χ0v) is 22.9. The summed E-state index contributed by atoms with van der Waals surface area (Å²) in [6, 6.07) is 10.8. The van der Waals surface area contributed by atoms with Gasteiger partial charge in [-0.15, -0.1) is 0 Å². The predicted molar refractivity (Wildman–Crippen MR) is 145 cm³/mol. The van der Waals surface area contributed by atoms with Crippen LogP contribution < -0.4 is 14.4 Å². The van der Waals surface area contributed by atoms with Crippen LogP contribution in [0.4, 0.5) is 10.1 Å². The van der Waals surface area contributed by atoms with E-state index in [9.17, 15) is 17.6 Å². The van der Waals surface area contributed by atoms with Crippen LogP contribution in [-0.4, -0.2) is 51.1 Å². The van der Waals surface area contributed by atoms with Crippen LogP contribution >= 0.6 is 0 Å². The first-order valence-electron chi connectivity index (χ1n) is 12.3. The lowest BCUT2D eigenvalue weighted by atomic mass is 10.0. The van der Waals surface area contributed by atoms with Crippen molar-refractivity contribution in [1.29, 1.82) is 0 Å². The number of halogens is 1. The average molecular weight is 543 g/mol. The van der Waals surface area contributed by atoms with Crippen molar-refractivity contribution in [1.82, 2.24) is 15.1 Å². The van der Waals surface area contributed by atoms with Crippen molar-refractivity contribution in [3.05, 3.63) is 65.2 Å². The monoisotopic (exact) mass is 542 g/mol. The highest BCUT2D eigenvalue weighted by molar-refractivity contribution is 7.92. The molecule has 11 heteroatoms. The van der Waals surface area contributed by atoms with Crippen LogP contribution in [0.3, 0.4) is 0 Å². The maximum absolute atomic E-state index is 13.6. The van der Waals surface area contributed by atoms with E-state index in [0.717, 1.165) is 34.8 Å². The second-order valence-corrected chi connectivity index (χ2v) is 10.9. The van der Waals surface area contributed by atoms with Crippen molar-refractivity contribution in [3.8, 4) is 17.1 Å². The molecule has 0 atom stereocenters. The second-order valence-electron chi connectivity index (χ2n) is 8.84. The molecular formula is C27H31FN4O5S. The molecule has 0 aliphatic carbocycles. The maximum Gasteiger partial charge on any atom is 0.255 e. The fourth-order valence-electron chi connectivity index (χ4n) is 4.22. The van der Waals surface area contributed by atoms with Crippen molar-refractivity contribution >= 4 is 32.6 Å². The molecule has 0 saturated heterocycles. The quantitative estimate of drug-likeness (QED) is 0.319.